The van der Waals surface area contributed by atoms with Crippen molar-refractivity contribution in [3.8, 4) is 0 Å². The number of carbonyl (C=O) groups is 2. The van der Waals surface area contributed by atoms with E-state index in [0.29, 0.717) is 23.1 Å². The van der Waals surface area contributed by atoms with Crippen LogP contribution in [0.2, 0.25) is 10.0 Å². The molecule has 2 rings (SSSR count). The molecule has 2 aromatic rings. The molecule has 0 spiro atoms. The molecule has 0 fully saturated rings. The molecule has 1 atom stereocenters. The number of carbonyl (C=O) groups excluding carboxylic acids is 2. The maximum Gasteiger partial charge on any atom is 0.242 e. The second kappa shape index (κ2) is 10.8. The fourth-order valence-corrected chi connectivity index (χ4v) is 3.28. The Hall–Kier alpha value is -1.56. The zero-order valence-corrected chi connectivity index (χ0v) is 18.9. The predicted molar refractivity (Wildman–Crippen MR) is 118 cm³/mol. The van der Waals surface area contributed by atoms with Gasteiger partial charge in [-0.25, -0.2) is 0 Å². The van der Waals surface area contributed by atoms with Gasteiger partial charge in [-0.15, -0.1) is 0 Å². The van der Waals surface area contributed by atoms with E-state index in [1.165, 1.54) is 0 Å². The Morgan fingerprint density at radius 2 is 1.71 bits per heavy atom. The third-order valence-electron chi connectivity index (χ3n) is 4.32. The van der Waals surface area contributed by atoms with E-state index < -0.39 is 6.04 Å². The molecule has 2 aromatic carbocycles. The Kier molecular flexibility index (Phi) is 8.80. The topological polar surface area (TPSA) is 49.4 Å². The molecule has 0 aliphatic carbocycles. The van der Waals surface area contributed by atoms with Crippen molar-refractivity contribution in [3.05, 3.63) is 68.1 Å². The summed E-state index contributed by atoms with van der Waals surface area (Å²) in [6.45, 7) is 4.65. The van der Waals surface area contributed by atoms with Gasteiger partial charge >= 0.3 is 0 Å². The second-order valence-corrected chi connectivity index (χ2v) is 8.27. The van der Waals surface area contributed by atoms with E-state index in [-0.39, 0.29) is 18.2 Å². The largest absolute Gasteiger partial charge is 0.354 e. The van der Waals surface area contributed by atoms with Crippen LogP contribution in [0.4, 0.5) is 0 Å². The van der Waals surface area contributed by atoms with Gasteiger partial charge in [0.25, 0.3) is 0 Å². The van der Waals surface area contributed by atoms with Crippen molar-refractivity contribution in [2.75, 3.05) is 6.54 Å². The Morgan fingerprint density at radius 1 is 1.07 bits per heavy atom. The number of hydrogen-bond acceptors (Lipinski definition) is 2. The molecular weight excluding hydrogens is 463 g/mol. The summed E-state index contributed by atoms with van der Waals surface area (Å²) in [5.74, 6) is -0.318. The predicted octanol–water partition coefficient (Wildman–Crippen LogP) is 5.24. The number of amides is 2. The first-order valence-corrected chi connectivity index (χ1v) is 10.6. The van der Waals surface area contributed by atoms with Gasteiger partial charge in [0.1, 0.15) is 6.04 Å². The van der Waals surface area contributed by atoms with Crippen LogP contribution in [0.25, 0.3) is 0 Å². The molecular formula is C21H23BrCl2N2O2. The van der Waals surface area contributed by atoms with Crippen molar-refractivity contribution in [3.63, 3.8) is 0 Å². The molecule has 1 N–H and O–H groups in total. The Labute approximate surface area is 184 Å². The lowest BCUT2D eigenvalue weighted by Gasteiger charge is -2.29. The van der Waals surface area contributed by atoms with Gasteiger partial charge in [0.15, 0.2) is 0 Å². The van der Waals surface area contributed by atoms with Gasteiger partial charge in [0.2, 0.25) is 11.8 Å². The SMILES string of the molecule is CCCNC(=O)[C@@H](C)N(Cc1ccc(Br)cc1)C(=O)Cc1ccc(Cl)c(Cl)c1. The fourth-order valence-electron chi connectivity index (χ4n) is 2.69. The summed E-state index contributed by atoms with van der Waals surface area (Å²) in [5, 5.41) is 3.71. The van der Waals surface area contributed by atoms with Crippen LogP contribution < -0.4 is 5.32 Å². The number of hydrogen-bond donors (Lipinski definition) is 1. The van der Waals surface area contributed by atoms with Crippen LogP contribution in [0.3, 0.4) is 0 Å². The van der Waals surface area contributed by atoms with E-state index in [1.807, 2.05) is 31.2 Å². The van der Waals surface area contributed by atoms with E-state index >= 15 is 0 Å². The van der Waals surface area contributed by atoms with Crippen molar-refractivity contribution in [2.45, 2.75) is 39.3 Å². The van der Waals surface area contributed by atoms with E-state index in [2.05, 4.69) is 21.2 Å². The second-order valence-electron chi connectivity index (χ2n) is 6.54. The van der Waals surface area contributed by atoms with Crippen LogP contribution in [0.5, 0.6) is 0 Å². The summed E-state index contributed by atoms with van der Waals surface area (Å²) in [6.07, 6.45) is 0.973. The van der Waals surface area contributed by atoms with E-state index in [1.54, 1.807) is 30.0 Å². The minimum Gasteiger partial charge on any atom is -0.354 e. The molecule has 0 saturated carbocycles. The number of halogens is 3. The Balaban J connectivity index is 2.21. The van der Waals surface area contributed by atoms with Crippen molar-refractivity contribution in [2.24, 2.45) is 0 Å². The zero-order chi connectivity index (χ0) is 20.7. The van der Waals surface area contributed by atoms with Crippen LogP contribution in [0.1, 0.15) is 31.4 Å². The van der Waals surface area contributed by atoms with Crippen LogP contribution in [0.15, 0.2) is 46.9 Å². The summed E-state index contributed by atoms with van der Waals surface area (Å²) in [4.78, 5) is 27.1. The third kappa shape index (κ3) is 6.50. The van der Waals surface area contributed by atoms with Gasteiger partial charge in [-0.3, -0.25) is 9.59 Å². The average Bonchev–Trinajstić information content (AvgIpc) is 2.67. The Bertz CT molecular complexity index is 828. The molecule has 150 valence electrons. The molecule has 7 heteroatoms. The van der Waals surface area contributed by atoms with Gasteiger partial charge in [-0.2, -0.15) is 0 Å². The Morgan fingerprint density at radius 3 is 2.32 bits per heavy atom. The number of benzene rings is 2. The molecule has 0 aliphatic heterocycles. The fraction of sp³-hybridized carbons (Fsp3) is 0.333. The standard InChI is InChI=1S/C21H23BrCl2N2O2/c1-3-10-25-21(28)14(2)26(13-15-4-7-17(22)8-5-15)20(27)12-16-6-9-18(23)19(24)11-16/h4-9,11,14H,3,10,12-13H2,1-2H3,(H,25,28)/t14-/m1/s1. The van der Waals surface area contributed by atoms with E-state index in [4.69, 9.17) is 23.2 Å². The van der Waals surface area contributed by atoms with Gasteiger partial charge in [-0.05, 0) is 48.7 Å². The minimum absolute atomic E-state index is 0.138. The van der Waals surface area contributed by atoms with Gasteiger partial charge in [0, 0.05) is 17.6 Å². The molecule has 0 aliphatic rings. The minimum atomic E-state index is -0.592. The first kappa shape index (κ1) is 22.7. The van der Waals surface area contributed by atoms with Crippen molar-refractivity contribution in [1.82, 2.24) is 10.2 Å². The lowest BCUT2D eigenvalue weighted by molar-refractivity contribution is -0.140. The highest BCUT2D eigenvalue weighted by Crippen LogP contribution is 2.23. The summed E-state index contributed by atoms with van der Waals surface area (Å²) in [5.41, 5.74) is 1.70. The summed E-state index contributed by atoms with van der Waals surface area (Å²) in [6, 6.07) is 12.2. The van der Waals surface area contributed by atoms with Crippen LogP contribution in [-0.2, 0) is 22.6 Å². The lowest BCUT2D eigenvalue weighted by Crippen LogP contribution is -2.48. The molecule has 4 nitrogen and oxygen atoms in total. The van der Waals surface area contributed by atoms with Crippen LogP contribution in [0, 0.1) is 0 Å². The first-order chi connectivity index (χ1) is 13.3. The summed E-state index contributed by atoms with van der Waals surface area (Å²) < 4.78 is 0.957. The molecule has 0 heterocycles. The lowest BCUT2D eigenvalue weighted by atomic mass is 10.1. The monoisotopic (exact) mass is 484 g/mol. The molecule has 2 amide bonds. The summed E-state index contributed by atoms with van der Waals surface area (Å²) >= 11 is 15.4. The molecule has 0 bridgehead atoms. The smallest absolute Gasteiger partial charge is 0.242 e. The number of nitrogens with one attached hydrogen (secondary N) is 1. The van der Waals surface area contributed by atoms with E-state index in [9.17, 15) is 9.59 Å². The zero-order valence-electron chi connectivity index (χ0n) is 15.8. The normalized spacial score (nSPS) is 11.8. The maximum absolute atomic E-state index is 13.1. The van der Waals surface area contributed by atoms with Gasteiger partial charge < -0.3 is 10.2 Å². The van der Waals surface area contributed by atoms with Crippen molar-refractivity contribution in [1.29, 1.82) is 0 Å². The van der Waals surface area contributed by atoms with Crippen molar-refractivity contribution >= 4 is 50.9 Å². The van der Waals surface area contributed by atoms with Gasteiger partial charge in [-0.1, -0.05) is 64.3 Å². The highest BCUT2D eigenvalue weighted by Gasteiger charge is 2.26. The summed E-state index contributed by atoms with van der Waals surface area (Å²) in [7, 11) is 0. The molecule has 0 radical (unpaired) electrons. The maximum atomic E-state index is 13.1. The molecule has 0 aromatic heterocycles. The third-order valence-corrected chi connectivity index (χ3v) is 5.59. The number of nitrogens with zero attached hydrogens (tertiary/aromatic N) is 1. The highest BCUT2D eigenvalue weighted by atomic mass is 79.9. The molecule has 0 saturated heterocycles. The number of rotatable bonds is 8. The quantitative estimate of drug-likeness (QED) is 0.555. The van der Waals surface area contributed by atoms with Gasteiger partial charge in [0.05, 0.1) is 16.5 Å². The highest BCUT2D eigenvalue weighted by molar-refractivity contribution is 9.10. The first-order valence-electron chi connectivity index (χ1n) is 9.07. The molecule has 28 heavy (non-hydrogen) atoms. The average molecular weight is 486 g/mol. The van der Waals surface area contributed by atoms with Crippen LogP contribution in [-0.4, -0.2) is 29.3 Å². The van der Waals surface area contributed by atoms with Crippen molar-refractivity contribution < 1.29 is 9.59 Å². The molecule has 0 unspecified atom stereocenters. The van der Waals surface area contributed by atoms with Crippen LogP contribution >= 0.6 is 39.1 Å². The van der Waals surface area contributed by atoms with E-state index in [0.717, 1.165) is 22.0 Å².